The smallest absolute Gasteiger partial charge is 0.326 e. The Kier molecular flexibility index (Phi) is 5.14. The first-order valence-electron chi connectivity index (χ1n) is 7.34. The number of sulfonamides is 1. The molecule has 1 fully saturated rings. The normalized spacial score (nSPS) is 18.0. The van der Waals surface area contributed by atoms with Gasteiger partial charge in [-0.05, 0) is 31.0 Å². The summed E-state index contributed by atoms with van der Waals surface area (Å²) in [6, 6.07) is 3.18. The van der Waals surface area contributed by atoms with Crippen LogP contribution in [0.4, 0.5) is 0 Å². The van der Waals surface area contributed by atoms with Gasteiger partial charge in [0.2, 0.25) is 10.0 Å². The number of hydrogen-bond donors (Lipinski definition) is 1. The molecule has 0 unspecified atom stereocenters. The number of likely N-dealkylation sites (tertiary alicyclic amines) is 1. The number of amides is 1. The number of hydrogen-bond acceptors (Lipinski definition) is 5. The van der Waals surface area contributed by atoms with Gasteiger partial charge < -0.3 is 14.7 Å². The topological polar surface area (TPSA) is 104 Å². The zero-order valence-corrected chi connectivity index (χ0v) is 14.5. The van der Waals surface area contributed by atoms with Crippen LogP contribution in [0.15, 0.2) is 23.1 Å². The molecule has 1 amide bonds. The first kappa shape index (κ1) is 18.2. The van der Waals surface area contributed by atoms with Crippen LogP contribution in [-0.2, 0) is 14.8 Å². The summed E-state index contributed by atoms with van der Waals surface area (Å²) in [5.74, 6) is -1.44. The summed E-state index contributed by atoms with van der Waals surface area (Å²) in [6.45, 7) is 0.331. The number of rotatable bonds is 5. The van der Waals surface area contributed by atoms with Crippen molar-refractivity contribution in [3.63, 3.8) is 0 Å². The third-order valence-electron chi connectivity index (χ3n) is 3.97. The molecule has 1 saturated heterocycles. The van der Waals surface area contributed by atoms with Crippen molar-refractivity contribution in [1.29, 1.82) is 0 Å². The van der Waals surface area contributed by atoms with Crippen molar-refractivity contribution >= 4 is 21.9 Å². The minimum absolute atomic E-state index is 0.115. The van der Waals surface area contributed by atoms with E-state index < -0.39 is 27.9 Å². The zero-order chi connectivity index (χ0) is 18.1. The Morgan fingerprint density at radius 1 is 1.33 bits per heavy atom. The Morgan fingerprint density at radius 3 is 2.54 bits per heavy atom. The van der Waals surface area contributed by atoms with E-state index in [-0.39, 0.29) is 16.2 Å². The van der Waals surface area contributed by atoms with Gasteiger partial charge >= 0.3 is 5.97 Å². The van der Waals surface area contributed by atoms with Crippen LogP contribution in [0.5, 0.6) is 5.75 Å². The van der Waals surface area contributed by atoms with Crippen LogP contribution in [0.2, 0.25) is 0 Å². The Hall–Kier alpha value is -2.13. The minimum atomic E-state index is -3.81. The largest absolute Gasteiger partial charge is 0.495 e. The molecule has 1 aliphatic heterocycles. The molecule has 9 heteroatoms. The fourth-order valence-corrected chi connectivity index (χ4v) is 3.72. The summed E-state index contributed by atoms with van der Waals surface area (Å²) in [5.41, 5.74) is 0.115. The Bertz CT molecular complexity index is 759. The average Bonchev–Trinajstić information content (AvgIpc) is 3.03. The second kappa shape index (κ2) is 6.78. The molecule has 0 aromatic heterocycles. The van der Waals surface area contributed by atoms with Crippen molar-refractivity contribution in [1.82, 2.24) is 9.21 Å². The van der Waals surface area contributed by atoms with Crippen LogP contribution < -0.4 is 4.74 Å². The van der Waals surface area contributed by atoms with Gasteiger partial charge in [0.05, 0.1) is 7.11 Å². The lowest BCUT2D eigenvalue weighted by Gasteiger charge is -2.22. The summed E-state index contributed by atoms with van der Waals surface area (Å²) in [6.07, 6.45) is 0.988. The van der Waals surface area contributed by atoms with Gasteiger partial charge in [0.15, 0.2) is 0 Å². The van der Waals surface area contributed by atoms with E-state index in [0.29, 0.717) is 19.4 Å². The molecule has 132 valence electrons. The third kappa shape index (κ3) is 3.22. The van der Waals surface area contributed by atoms with E-state index >= 15 is 0 Å². The molecular weight excluding hydrogens is 336 g/mol. The highest BCUT2D eigenvalue weighted by Gasteiger charge is 2.35. The molecule has 1 aromatic carbocycles. The second-order valence-electron chi connectivity index (χ2n) is 5.65. The maximum absolute atomic E-state index is 12.6. The maximum atomic E-state index is 12.6. The van der Waals surface area contributed by atoms with Crippen molar-refractivity contribution in [2.75, 3.05) is 27.7 Å². The maximum Gasteiger partial charge on any atom is 0.326 e. The van der Waals surface area contributed by atoms with Crippen molar-refractivity contribution in [2.45, 2.75) is 23.8 Å². The number of methoxy groups -OCH3 is 1. The summed E-state index contributed by atoms with van der Waals surface area (Å²) in [7, 11) is 0.290. The van der Waals surface area contributed by atoms with E-state index in [4.69, 9.17) is 4.74 Å². The lowest BCUT2D eigenvalue weighted by atomic mass is 10.1. The average molecular weight is 356 g/mol. The van der Waals surface area contributed by atoms with E-state index in [1.54, 1.807) is 0 Å². The van der Waals surface area contributed by atoms with Gasteiger partial charge in [-0.25, -0.2) is 17.5 Å². The predicted octanol–water partition coefficient (Wildman–Crippen LogP) is 0.635. The lowest BCUT2D eigenvalue weighted by molar-refractivity contribution is -0.141. The Morgan fingerprint density at radius 2 is 2.00 bits per heavy atom. The fourth-order valence-electron chi connectivity index (χ4n) is 2.64. The van der Waals surface area contributed by atoms with Crippen LogP contribution in [0.3, 0.4) is 0 Å². The molecule has 1 N–H and O–H groups in total. The monoisotopic (exact) mass is 356 g/mol. The highest BCUT2D eigenvalue weighted by Crippen LogP contribution is 2.28. The van der Waals surface area contributed by atoms with Crippen molar-refractivity contribution < 1.29 is 27.9 Å². The molecular formula is C15H20N2O6S. The molecule has 0 aliphatic carbocycles. The van der Waals surface area contributed by atoms with Crippen molar-refractivity contribution in [3.05, 3.63) is 23.8 Å². The van der Waals surface area contributed by atoms with E-state index in [1.165, 1.54) is 44.3 Å². The number of ether oxygens (including phenoxy) is 1. The van der Waals surface area contributed by atoms with Gasteiger partial charge in [0.25, 0.3) is 5.91 Å². The van der Waals surface area contributed by atoms with Gasteiger partial charge in [-0.1, -0.05) is 0 Å². The second-order valence-corrected chi connectivity index (χ2v) is 7.77. The quantitative estimate of drug-likeness (QED) is 0.830. The Balaban J connectivity index is 2.46. The number of benzene rings is 1. The van der Waals surface area contributed by atoms with Gasteiger partial charge in [-0.15, -0.1) is 0 Å². The SMILES string of the molecule is COc1ccc(C(=O)N2CCC[C@H]2C(=O)O)cc1S(=O)(=O)N(C)C. The molecule has 0 saturated carbocycles. The predicted molar refractivity (Wildman–Crippen MR) is 85.6 cm³/mol. The fraction of sp³-hybridized carbons (Fsp3) is 0.467. The molecule has 2 rings (SSSR count). The number of nitrogens with zero attached hydrogens (tertiary/aromatic N) is 2. The van der Waals surface area contributed by atoms with Crippen LogP contribution >= 0.6 is 0 Å². The van der Waals surface area contributed by atoms with Crippen LogP contribution in [0.1, 0.15) is 23.2 Å². The van der Waals surface area contributed by atoms with E-state index in [2.05, 4.69) is 0 Å². The van der Waals surface area contributed by atoms with Gasteiger partial charge in [0, 0.05) is 26.2 Å². The molecule has 1 aromatic rings. The van der Waals surface area contributed by atoms with Gasteiger partial charge in [0.1, 0.15) is 16.7 Å². The molecule has 0 spiro atoms. The minimum Gasteiger partial charge on any atom is -0.495 e. The lowest BCUT2D eigenvalue weighted by Crippen LogP contribution is -2.40. The molecule has 1 atom stereocenters. The molecule has 8 nitrogen and oxygen atoms in total. The number of carbonyl (C=O) groups is 2. The first-order valence-corrected chi connectivity index (χ1v) is 8.78. The molecule has 0 radical (unpaired) electrons. The number of carboxylic acids is 1. The molecule has 24 heavy (non-hydrogen) atoms. The van der Waals surface area contributed by atoms with Crippen LogP contribution in [0, 0.1) is 0 Å². The van der Waals surface area contributed by atoms with Crippen LogP contribution in [0.25, 0.3) is 0 Å². The number of carboxylic acid groups (broad SMARTS) is 1. The van der Waals surface area contributed by atoms with Gasteiger partial charge in [-0.2, -0.15) is 0 Å². The summed E-state index contributed by atoms with van der Waals surface area (Å²) in [4.78, 5) is 25.0. The third-order valence-corrected chi connectivity index (χ3v) is 5.80. The van der Waals surface area contributed by atoms with E-state index in [1.807, 2.05) is 0 Å². The van der Waals surface area contributed by atoms with E-state index in [0.717, 1.165) is 4.31 Å². The molecule has 0 bridgehead atoms. The van der Waals surface area contributed by atoms with E-state index in [9.17, 15) is 23.1 Å². The van der Waals surface area contributed by atoms with Crippen LogP contribution in [-0.4, -0.2) is 68.4 Å². The number of aliphatic carboxylic acids is 1. The summed E-state index contributed by atoms with van der Waals surface area (Å²) < 4.78 is 30.9. The first-order chi connectivity index (χ1) is 11.2. The highest BCUT2D eigenvalue weighted by molar-refractivity contribution is 7.89. The number of carbonyl (C=O) groups excluding carboxylic acids is 1. The molecule has 1 aliphatic rings. The molecule has 1 heterocycles. The Labute approximate surface area is 140 Å². The summed E-state index contributed by atoms with van der Waals surface area (Å²) in [5, 5.41) is 9.20. The highest BCUT2D eigenvalue weighted by atomic mass is 32.2. The standard InChI is InChI=1S/C15H20N2O6S/c1-16(2)24(21,22)13-9-10(6-7-12(13)23-3)14(18)17-8-4-5-11(17)15(19)20/h6-7,9,11H,4-5,8H2,1-3H3,(H,19,20)/t11-/m0/s1. The summed E-state index contributed by atoms with van der Waals surface area (Å²) >= 11 is 0. The zero-order valence-electron chi connectivity index (χ0n) is 13.7. The van der Waals surface area contributed by atoms with Gasteiger partial charge in [-0.3, -0.25) is 4.79 Å². The van der Waals surface area contributed by atoms with Crippen molar-refractivity contribution in [2.24, 2.45) is 0 Å². The van der Waals surface area contributed by atoms with Crippen molar-refractivity contribution in [3.8, 4) is 5.75 Å².